The Morgan fingerprint density at radius 2 is 1.10 bits per heavy atom. The van der Waals surface area contributed by atoms with Gasteiger partial charge in [0.05, 0.1) is 5.75 Å². The van der Waals surface area contributed by atoms with Gasteiger partial charge in [0.2, 0.25) is 0 Å². The Kier molecular flexibility index (Phi) is 15.9. The fraction of sp³-hybridized carbons (Fsp3) is 0.769. The van der Waals surface area contributed by atoms with Crippen LogP contribution in [0.2, 0.25) is 0 Å². The number of hydrogen-bond donors (Lipinski definition) is 0. The van der Waals surface area contributed by atoms with Crippen molar-refractivity contribution in [2.45, 2.75) is 117 Å². The van der Waals surface area contributed by atoms with Crippen LogP contribution in [0.1, 0.15) is 117 Å². The number of para-hydroxylation sites is 1. The van der Waals surface area contributed by atoms with Crippen LogP contribution in [0.4, 0.5) is 0 Å². The van der Waals surface area contributed by atoms with Gasteiger partial charge in [0.15, 0.2) is 0 Å². The number of benzene rings is 1. The van der Waals surface area contributed by atoms with E-state index in [4.69, 9.17) is 4.18 Å². The summed E-state index contributed by atoms with van der Waals surface area (Å²) in [4.78, 5) is 0. The number of rotatable bonds is 20. The molecule has 1 unspecified atom stereocenters. The first-order valence-corrected chi connectivity index (χ1v) is 14.1. The summed E-state index contributed by atoms with van der Waals surface area (Å²) in [7, 11) is -3.54. The van der Waals surface area contributed by atoms with E-state index in [1.54, 1.807) is 24.3 Å². The molecule has 0 fully saturated rings. The topological polar surface area (TPSA) is 43.4 Å². The fourth-order valence-corrected chi connectivity index (χ4v) is 5.42. The second-order valence-electron chi connectivity index (χ2n) is 8.81. The summed E-state index contributed by atoms with van der Waals surface area (Å²) < 4.78 is 30.5. The molecule has 0 N–H and O–H groups in total. The molecule has 0 aliphatic heterocycles. The second-order valence-corrected chi connectivity index (χ2v) is 10.4. The number of unbranched alkanes of at least 4 members (excludes halogenated alkanes) is 12. The Hall–Kier alpha value is -1.03. The van der Waals surface area contributed by atoms with Gasteiger partial charge < -0.3 is 4.18 Å². The Morgan fingerprint density at radius 1 is 0.667 bits per heavy atom. The van der Waals surface area contributed by atoms with Gasteiger partial charge in [-0.1, -0.05) is 122 Å². The van der Waals surface area contributed by atoms with E-state index in [2.05, 4.69) is 13.8 Å². The van der Waals surface area contributed by atoms with Crippen LogP contribution in [0.25, 0.3) is 0 Å². The summed E-state index contributed by atoms with van der Waals surface area (Å²) in [5.74, 6) is 0.778. The van der Waals surface area contributed by atoms with Gasteiger partial charge in [-0.05, 0) is 30.9 Å². The monoisotopic (exact) mass is 438 g/mol. The fourth-order valence-electron chi connectivity index (χ4n) is 4.04. The molecule has 0 saturated heterocycles. The molecule has 0 aliphatic carbocycles. The molecule has 4 heteroatoms. The van der Waals surface area contributed by atoms with Crippen molar-refractivity contribution in [2.75, 3.05) is 5.75 Å². The summed E-state index contributed by atoms with van der Waals surface area (Å²) in [6.07, 6.45) is 19.8. The van der Waals surface area contributed by atoms with Gasteiger partial charge in [-0.2, -0.15) is 8.42 Å². The highest BCUT2D eigenvalue weighted by Gasteiger charge is 2.20. The SMILES string of the molecule is CCCCCCCCCCC(CCCCCCCC)CS(=O)(=O)Oc1ccccc1. The zero-order valence-electron chi connectivity index (χ0n) is 19.6. The van der Waals surface area contributed by atoms with E-state index in [1.807, 2.05) is 6.07 Å². The lowest BCUT2D eigenvalue weighted by Crippen LogP contribution is -2.21. The number of hydrogen-bond acceptors (Lipinski definition) is 3. The molecule has 1 atom stereocenters. The zero-order chi connectivity index (χ0) is 21.9. The van der Waals surface area contributed by atoms with Crippen LogP contribution in [-0.4, -0.2) is 14.2 Å². The van der Waals surface area contributed by atoms with Gasteiger partial charge in [0.1, 0.15) is 5.75 Å². The van der Waals surface area contributed by atoms with Crippen LogP contribution in [-0.2, 0) is 10.1 Å². The highest BCUT2D eigenvalue weighted by molar-refractivity contribution is 7.87. The first-order valence-electron chi connectivity index (χ1n) is 12.5. The highest BCUT2D eigenvalue weighted by atomic mass is 32.2. The minimum Gasteiger partial charge on any atom is -0.382 e. The largest absolute Gasteiger partial charge is 0.382 e. The van der Waals surface area contributed by atoms with Crippen molar-refractivity contribution < 1.29 is 12.6 Å². The van der Waals surface area contributed by atoms with Crippen molar-refractivity contribution in [2.24, 2.45) is 5.92 Å². The van der Waals surface area contributed by atoms with Crippen LogP contribution in [0.3, 0.4) is 0 Å². The smallest absolute Gasteiger partial charge is 0.309 e. The van der Waals surface area contributed by atoms with Gasteiger partial charge >= 0.3 is 10.1 Å². The van der Waals surface area contributed by atoms with Crippen molar-refractivity contribution in [1.29, 1.82) is 0 Å². The normalized spacial score (nSPS) is 12.7. The first kappa shape index (κ1) is 27.0. The third-order valence-corrected chi connectivity index (χ3v) is 7.16. The lowest BCUT2D eigenvalue weighted by molar-refractivity contribution is 0.412. The van der Waals surface area contributed by atoms with Crippen LogP contribution < -0.4 is 4.18 Å². The summed E-state index contributed by atoms with van der Waals surface area (Å²) in [6.45, 7) is 4.48. The Balaban J connectivity index is 2.40. The maximum atomic E-state index is 12.6. The molecule has 0 aliphatic rings. The molecule has 1 rings (SSSR count). The van der Waals surface area contributed by atoms with Crippen LogP contribution in [0, 0.1) is 5.92 Å². The van der Waals surface area contributed by atoms with Crippen molar-refractivity contribution in [3.05, 3.63) is 30.3 Å². The van der Waals surface area contributed by atoms with E-state index in [0.717, 1.165) is 25.7 Å². The van der Waals surface area contributed by atoms with E-state index >= 15 is 0 Å². The van der Waals surface area contributed by atoms with E-state index in [0.29, 0.717) is 5.75 Å². The van der Waals surface area contributed by atoms with E-state index in [9.17, 15) is 8.42 Å². The van der Waals surface area contributed by atoms with Crippen molar-refractivity contribution in [3.8, 4) is 5.75 Å². The molecule has 1 aromatic rings. The predicted molar refractivity (Wildman–Crippen MR) is 130 cm³/mol. The van der Waals surface area contributed by atoms with Gasteiger partial charge in [-0.3, -0.25) is 0 Å². The minimum atomic E-state index is -3.54. The predicted octanol–water partition coefficient (Wildman–Crippen LogP) is 8.29. The molecule has 0 heterocycles. The molecule has 0 radical (unpaired) electrons. The standard InChI is InChI=1S/C26H46O3S/c1-3-5-7-9-11-12-14-17-21-25(20-16-13-10-8-6-4-2)24-30(27,28)29-26-22-18-15-19-23-26/h15,18-19,22-23,25H,3-14,16-17,20-21,24H2,1-2H3. The minimum absolute atomic E-state index is 0.146. The van der Waals surface area contributed by atoms with E-state index in [-0.39, 0.29) is 11.7 Å². The van der Waals surface area contributed by atoms with Gasteiger partial charge in [-0.15, -0.1) is 0 Å². The maximum absolute atomic E-state index is 12.6. The van der Waals surface area contributed by atoms with E-state index in [1.165, 1.54) is 77.0 Å². The molecule has 0 bridgehead atoms. The lowest BCUT2D eigenvalue weighted by atomic mass is 9.95. The van der Waals surface area contributed by atoms with Gasteiger partial charge in [-0.25, -0.2) is 0 Å². The molecule has 0 aromatic heterocycles. The molecular formula is C26H46O3S. The Morgan fingerprint density at radius 3 is 1.57 bits per heavy atom. The molecule has 30 heavy (non-hydrogen) atoms. The van der Waals surface area contributed by atoms with Gasteiger partial charge in [0, 0.05) is 0 Å². The molecule has 174 valence electrons. The molecule has 0 spiro atoms. The lowest BCUT2D eigenvalue weighted by Gasteiger charge is -2.17. The zero-order valence-corrected chi connectivity index (χ0v) is 20.4. The average Bonchev–Trinajstić information content (AvgIpc) is 2.72. The maximum Gasteiger partial charge on any atom is 0.309 e. The molecule has 1 aromatic carbocycles. The van der Waals surface area contributed by atoms with Crippen molar-refractivity contribution in [3.63, 3.8) is 0 Å². The van der Waals surface area contributed by atoms with Gasteiger partial charge in [0.25, 0.3) is 0 Å². The Labute approximate surface area is 187 Å². The van der Waals surface area contributed by atoms with Crippen molar-refractivity contribution in [1.82, 2.24) is 0 Å². The average molecular weight is 439 g/mol. The molecule has 3 nitrogen and oxygen atoms in total. The third kappa shape index (κ3) is 14.9. The van der Waals surface area contributed by atoms with Crippen molar-refractivity contribution >= 4 is 10.1 Å². The summed E-state index contributed by atoms with van der Waals surface area (Å²) in [5.41, 5.74) is 0. The summed E-state index contributed by atoms with van der Waals surface area (Å²) in [6, 6.07) is 8.89. The molecule has 0 saturated carbocycles. The Bertz CT molecular complexity index is 598. The highest BCUT2D eigenvalue weighted by Crippen LogP contribution is 2.23. The van der Waals surface area contributed by atoms with Crippen LogP contribution in [0.5, 0.6) is 5.75 Å². The summed E-state index contributed by atoms with van der Waals surface area (Å²) in [5, 5.41) is 0. The van der Waals surface area contributed by atoms with Crippen LogP contribution >= 0.6 is 0 Å². The second kappa shape index (κ2) is 17.6. The molecular weight excluding hydrogens is 392 g/mol. The summed E-state index contributed by atoms with van der Waals surface area (Å²) >= 11 is 0. The first-order chi connectivity index (χ1) is 14.6. The van der Waals surface area contributed by atoms with Crippen LogP contribution in [0.15, 0.2) is 30.3 Å². The molecule has 0 amide bonds. The van der Waals surface area contributed by atoms with E-state index < -0.39 is 10.1 Å². The quantitative estimate of drug-likeness (QED) is 0.152. The third-order valence-electron chi connectivity index (χ3n) is 5.84.